The van der Waals surface area contributed by atoms with Gasteiger partial charge in [-0.3, -0.25) is 4.98 Å². The molecule has 23 aromatic carbocycles. The zero-order chi connectivity index (χ0) is 96.9. The first-order chi connectivity index (χ1) is 69.6. The van der Waals surface area contributed by atoms with Gasteiger partial charge in [-0.05, 0) is 383 Å². The highest BCUT2D eigenvalue weighted by atomic mass is 32.1. The second-order valence-corrected chi connectivity index (χ2v) is 43.0. The Kier molecular flexibility index (Phi) is 20.1. The molecule has 28 rings (SSSR count). The van der Waals surface area contributed by atoms with Gasteiger partial charge in [0.25, 0.3) is 0 Å². The highest BCUT2D eigenvalue weighted by Crippen LogP contribution is 2.60. The van der Waals surface area contributed by atoms with E-state index in [0.717, 1.165) is 39.7 Å². The van der Waals surface area contributed by atoms with Gasteiger partial charge < -0.3 is 9.80 Å². The molecule has 0 atom stereocenters. The van der Waals surface area contributed by atoms with E-state index in [-0.39, 0.29) is 16.2 Å². The van der Waals surface area contributed by atoms with Crippen molar-refractivity contribution in [2.24, 2.45) is 0 Å². The summed E-state index contributed by atoms with van der Waals surface area (Å²) >= 11 is 1.95. The molecule has 0 fully saturated rings. The number of aryl methyl sites for hydroxylation is 7. The second-order valence-electron chi connectivity index (χ2n) is 41.9. The Labute approximate surface area is 841 Å². The van der Waals surface area contributed by atoms with Crippen LogP contribution in [0.1, 0.15) is 114 Å². The monoisotopic (exact) mass is 1850 g/mol. The molecular formula is C139H107N3S. The molecular weight excluding hydrogens is 1740 g/mol. The third kappa shape index (κ3) is 13.8. The smallest absolute Gasteiger partial charge is 0.0706 e. The largest absolute Gasteiger partial charge is 0.311 e. The third-order valence-electron chi connectivity index (χ3n) is 32.1. The minimum absolute atomic E-state index is 0.0579. The molecule has 3 nitrogen and oxygen atoms in total. The van der Waals surface area contributed by atoms with Crippen LogP contribution in [0.15, 0.2) is 413 Å². The van der Waals surface area contributed by atoms with Crippen molar-refractivity contribution in [3.05, 3.63) is 485 Å². The average Bonchev–Trinajstić information content (AvgIpc) is 1.43. The summed E-state index contributed by atoms with van der Waals surface area (Å²) in [7, 11) is 0. The van der Waals surface area contributed by atoms with Crippen LogP contribution in [-0.4, -0.2) is 4.98 Å². The molecule has 0 bridgehead atoms. The lowest BCUT2D eigenvalue weighted by Gasteiger charge is -2.36. The van der Waals surface area contributed by atoms with Crippen LogP contribution >= 0.6 is 11.3 Å². The fourth-order valence-electron chi connectivity index (χ4n) is 25.3. The van der Waals surface area contributed by atoms with Crippen molar-refractivity contribution >= 4 is 142 Å². The van der Waals surface area contributed by atoms with Crippen molar-refractivity contribution in [1.82, 2.24) is 4.98 Å². The molecule has 684 valence electrons. The number of hydrogen-bond donors (Lipinski definition) is 0. The summed E-state index contributed by atoms with van der Waals surface area (Å²) in [4.78, 5) is 12.8. The van der Waals surface area contributed by atoms with E-state index in [9.17, 15) is 0 Å². The van der Waals surface area contributed by atoms with Crippen molar-refractivity contribution in [2.75, 3.05) is 9.80 Å². The molecule has 143 heavy (non-hydrogen) atoms. The number of thiophene rings is 1. The summed E-state index contributed by atoms with van der Waals surface area (Å²) in [5, 5.41) is 24.3. The van der Waals surface area contributed by atoms with Gasteiger partial charge in [0, 0.05) is 76.8 Å². The van der Waals surface area contributed by atoms with Gasteiger partial charge >= 0.3 is 0 Å². The Hall–Kier alpha value is -16.4. The van der Waals surface area contributed by atoms with Gasteiger partial charge in [0.2, 0.25) is 0 Å². The number of nitrogens with zero attached hydrogens (tertiary/aromatic N) is 3. The Bertz CT molecular complexity index is 9340. The van der Waals surface area contributed by atoms with Gasteiger partial charge in [-0.25, -0.2) is 0 Å². The predicted octanol–water partition coefficient (Wildman–Crippen LogP) is 39.2. The number of hydrogen-bond acceptors (Lipinski definition) is 4. The second kappa shape index (κ2) is 33.1. The maximum atomic E-state index is 5.35. The molecule has 2 heterocycles. The number of aromatic nitrogens is 1. The van der Waals surface area contributed by atoms with Crippen molar-refractivity contribution < 1.29 is 0 Å². The quantitative estimate of drug-likeness (QED) is 0.114. The van der Waals surface area contributed by atoms with Gasteiger partial charge in [-0.1, -0.05) is 350 Å². The zero-order valence-corrected chi connectivity index (χ0v) is 83.8. The molecule has 25 aromatic rings. The lowest BCUT2D eigenvalue weighted by atomic mass is 9.67. The van der Waals surface area contributed by atoms with E-state index in [1.807, 2.05) is 11.3 Å². The molecule has 2 aromatic heterocycles. The number of para-hydroxylation sites is 4. The first kappa shape index (κ1) is 86.9. The van der Waals surface area contributed by atoms with Crippen LogP contribution in [0.4, 0.5) is 34.1 Å². The topological polar surface area (TPSA) is 19.4 Å². The van der Waals surface area contributed by atoms with Crippen LogP contribution in [0.2, 0.25) is 0 Å². The maximum Gasteiger partial charge on any atom is 0.0706 e. The zero-order valence-electron chi connectivity index (χ0n) is 83.0. The lowest BCUT2D eigenvalue weighted by molar-refractivity contribution is 0.622. The minimum atomic E-state index is -0.253. The Morgan fingerprint density at radius 3 is 1.22 bits per heavy atom. The van der Waals surface area contributed by atoms with Crippen LogP contribution in [0.5, 0.6) is 0 Å². The molecule has 0 aliphatic heterocycles. The van der Waals surface area contributed by atoms with E-state index in [1.165, 1.54) is 263 Å². The molecule has 0 saturated carbocycles. The summed E-state index contributed by atoms with van der Waals surface area (Å²) in [6.07, 6.45) is 0. The summed E-state index contributed by atoms with van der Waals surface area (Å²) in [6.45, 7) is 29.9. The van der Waals surface area contributed by atoms with Gasteiger partial charge in [-0.2, -0.15) is 0 Å². The van der Waals surface area contributed by atoms with Crippen molar-refractivity contribution in [1.29, 1.82) is 0 Å². The number of fused-ring (bicyclic) bond motifs is 6. The Morgan fingerprint density at radius 2 is 0.636 bits per heavy atom. The summed E-state index contributed by atoms with van der Waals surface area (Å²) in [5.74, 6) is 0. The fraction of sp³-hybridized carbons (Fsp3) is 0.115. The van der Waals surface area contributed by atoms with Crippen LogP contribution in [0.25, 0.3) is 196 Å². The van der Waals surface area contributed by atoms with Gasteiger partial charge in [0.05, 0.1) is 11.4 Å². The van der Waals surface area contributed by atoms with Crippen LogP contribution in [0, 0.1) is 48.5 Å². The number of pyridine rings is 1. The number of rotatable bonds is 12. The van der Waals surface area contributed by atoms with E-state index in [0.29, 0.717) is 0 Å². The van der Waals surface area contributed by atoms with Crippen molar-refractivity contribution in [2.45, 2.75) is 106 Å². The summed E-state index contributed by atoms with van der Waals surface area (Å²) in [5.41, 5.74) is 44.1. The SMILES string of the molecule is CC1(C)c2nc(-c3ccccc3)ccc2-c2cc3ccc(-c4ccc(N(c5ccccc5)c5ccccc5)cc4)c4ccc5ccc1c2c5c34.Cc1cc(C)c(-c2ccc3cc4c5c(ccc6ccc2c3c65)C(C)(C)c2cc(-c3ccc(N(c5ccccc5C)c5ccccc5C)cc3)ccc2-4)c(C)c1.Cc1cccc(C)c1-c1cc2ccc3ccc4c5c(cc(c1)c2c35)-c1sc(-c2ccccc2)cc1C4(C)C. The molecule has 0 radical (unpaired) electrons. The average molecular weight is 1850 g/mol. The summed E-state index contributed by atoms with van der Waals surface area (Å²) in [6, 6.07) is 153. The van der Waals surface area contributed by atoms with Crippen LogP contribution in [-0.2, 0) is 16.2 Å². The van der Waals surface area contributed by atoms with Crippen LogP contribution in [0.3, 0.4) is 0 Å². The van der Waals surface area contributed by atoms with E-state index in [2.05, 4.69) is 512 Å². The number of anilines is 6. The van der Waals surface area contributed by atoms with Crippen molar-refractivity contribution in [3.8, 4) is 98.9 Å². The van der Waals surface area contributed by atoms with Crippen LogP contribution < -0.4 is 9.80 Å². The highest BCUT2D eigenvalue weighted by molar-refractivity contribution is 7.19. The van der Waals surface area contributed by atoms with Gasteiger partial charge in [-0.15, -0.1) is 11.3 Å². The molecule has 0 unspecified atom stereocenters. The van der Waals surface area contributed by atoms with E-state index >= 15 is 0 Å². The van der Waals surface area contributed by atoms with Crippen molar-refractivity contribution in [3.63, 3.8) is 0 Å². The molecule has 0 amide bonds. The first-order valence-corrected chi connectivity index (χ1v) is 51.3. The summed E-state index contributed by atoms with van der Waals surface area (Å²) < 4.78 is 0. The number of benzene rings is 23. The first-order valence-electron chi connectivity index (χ1n) is 50.4. The molecule has 4 heteroatoms. The lowest BCUT2D eigenvalue weighted by Crippen LogP contribution is -2.25. The third-order valence-corrected chi connectivity index (χ3v) is 33.4. The highest BCUT2D eigenvalue weighted by Gasteiger charge is 2.41. The molecule has 0 N–H and O–H groups in total. The Balaban J connectivity index is 0.000000111. The predicted molar refractivity (Wildman–Crippen MR) is 614 cm³/mol. The minimum Gasteiger partial charge on any atom is -0.311 e. The van der Waals surface area contributed by atoms with E-state index < -0.39 is 0 Å². The Morgan fingerprint density at radius 1 is 0.217 bits per heavy atom. The standard InChI is InChI=1S/C54H45N.C48H34N2.C37H28S/c1-32-28-35(4)50(36(5)29-32)43-26-20-40-30-45-42-24-19-39(31-47(42)54(6,7)46-27-21-38-18-25-44(43)51(40)52(38)53(45)46)37-16-22-41(23-17-37)55(48-14-10-8-12-33(48)2)49-15-11-9-13-34(49)3;1-48(2)42-28-22-33-20-26-39-38(31-18-23-37(24-19-31)50(35-14-8-4-9-15-35)36-16-10-5-11-17-36)25-21-34-30-41(46(42)45(33)44(34)39)40-27-29-43(49-47(40)48)32-12-6-3-7-13-32;1-21-9-8-10-22(2)32(21)26-17-25-14-13-24-15-16-29-35-28(19-27(18-26)33(25)34(24)35)36-30(37(29,3)4)20-31(38-36)23-11-6-5-7-12-23/h8-31H,1-7H3;3-30H,1-2H3;5-20H,1-4H3. The maximum absolute atomic E-state index is 5.35. The molecule has 3 aliphatic rings. The van der Waals surface area contributed by atoms with E-state index in [1.54, 1.807) is 0 Å². The molecule has 0 saturated heterocycles. The normalized spacial score (nSPS) is 13.4. The van der Waals surface area contributed by atoms with Gasteiger partial charge in [0.1, 0.15) is 0 Å². The molecule has 0 spiro atoms. The fourth-order valence-corrected chi connectivity index (χ4v) is 26.6. The molecule has 3 aliphatic carbocycles. The van der Waals surface area contributed by atoms with Gasteiger partial charge in [0.15, 0.2) is 0 Å². The van der Waals surface area contributed by atoms with E-state index in [4.69, 9.17) is 4.98 Å².